The highest BCUT2D eigenvalue weighted by Gasteiger charge is 2.41. The highest BCUT2D eigenvalue weighted by Crippen LogP contribution is 2.45. The van der Waals surface area contributed by atoms with Crippen molar-refractivity contribution in [3.63, 3.8) is 0 Å². The zero-order valence-corrected chi connectivity index (χ0v) is 12.8. The van der Waals surface area contributed by atoms with Crippen LogP contribution in [0.4, 0.5) is 9.59 Å². The van der Waals surface area contributed by atoms with Gasteiger partial charge in [0.1, 0.15) is 0 Å². The first-order valence-corrected chi connectivity index (χ1v) is 7.06. The van der Waals surface area contributed by atoms with Crippen molar-refractivity contribution in [3.05, 3.63) is 0 Å². The molecule has 1 fully saturated rings. The average Bonchev–Trinajstić information content (AvgIpc) is 2.23. The highest BCUT2D eigenvalue weighted by molar-refractivity contribution is 5.67. The third kappa shape index (κ3) is 5.27. The molecular weight excluding hydrogens is 260 g/mol. The standard InChI is InChI=1S/C14H26N2O4/c1-5-20-12(19)16-10-6-13(2,3)8-14(4,7-10)9-15-11(17)18/h10,15H,5-9H2,1-4H3,(H,16,19)(H,17,18). The monoisotopic (exact) mass is 286 g/mol. The Kier molecular flexibility index (Phi) is 5.25. The molecule has 0 aromatic rings. The van der Waals surface area contributed by atoms with E-state index in [1.807, 2.05) is 0 Å². The van der Waals surface area contributed by atoms with Crippen molar-refractivity contribution in [2.24, 2.45) is 10.8 Å². The smallest absolute Gasteiger partial charge is 0.407 e. The van der Waals surface area contributed by atoms with Crippen molar-refractivity contribution in [3.8, 4) is 0 Å². The molecule has 1 aliphatic rings. The van der Waals surface area contributed by atoms with Gasteiger partial charge in [-0.05, 0) is 37.0 Å². The molecule has 0 radical (unpaired) electrons. The van der Waals surface area contributed by atoms with Crippen LogP contribution in [0.2, 0.25) is 0 Å². The van der Waals surface area contributed by atoms with E-state index in [1.54, 1.807) is 6.92 Å². The molecule has 1 rings (SSSR count). The molecule has 2 amide bonds. The summed E-state index contributed by atoms with van der Waals surface area (Å²) in [4.78, 5) is 22.2. The van der Waals surface area contributed by atoms with E-state index >= 15 is 0 Å². The minimum Gasteiger partial charge on any atom is -0.465 e. The fourth-order valence-corrected chi connectivity index (χ4v) is 3.50. The van der Waals surface area contributed by atoms with E-state index < -0.39 is 12.2 Å². The molecule has 0 aromatic heterocycles. The molecule has 2 atom stereocenters. The predicted octanol–water partition coefficient (Wildman–Crippen LogP) is 2.59. The second-order valence-electron chi connectivity index (χ2n) is 6.78. The summed E-state index contributed by atoms with van der Waals surface area (Å²) in [6.07, 6.45) is 1.12. The van der Waals surface area contributed by atoms with Crippen LogP contribution in [0.25, 0.3) is 0 Å². The summed E-state index contributed by atoms with van der Waals surface area (Å²) in [5.74, 6) is 0. The highest BCUT2D eigenvalue weighted by atomic mass is 16.5. The maximum atomic E-state index is 11.6. The van der Waals surface area contributed by atoms with Crippen molar-refractivity contribution >= 4 is 12.2 Å². The van der Waals surface area contributed by atoms with E-state index in [-0.39, 0.29) is 16.9 Å². The van der Waals surface area contributed by atoms with Gasteiger partial charge < -0.3 is 20.5 Å². The molecule has 0 aromatic carbocycles. The Labute approximate surface area is 120 Å². The lowest BCUT2D eigenvalue weighted by Crippen LogP contribution is -2.50. The number of carbonyl (C=O) groups is 2. The van der Waals surface area contributed by atoms with Crippen LogP contribution in [0.15, 0.2) is 0 Å². The van der Waals surface area contributed by atoms with Gasteiger partial charge >= 0.3 is 12.2 Å². The molecule has 0 heterocycles. The Morgan fingerprint density at radius 3 is 2.50 bits per heavy atom. The third-order valence-electron chi connectivity index (χ3n) is 3.71. The van der Waals surface area contributed by atoms with Gasteiger partial charge in [-0.15, -0.1) is 0 Å². The molecule has 0 aliphatic heterocycles. The van der Waals surface area contributed by atoms with Gasteiger partial charge in [0.2, 0.25) is 0 Å². The topological polar surface area (TPSA) is 87.7 Å². The summed E-state index contributed by atoms with van der Waals surface area (Å²) in [6, 6.07) is 0.0124. The SMILES string of the molecule is CCOC(=O)NC1CC(C)(C)CC(C)(CNC(=O)O)C1. The second kappa shape index (κ2) is 6.33. The number of amides is 2. The molecule has 3 N–H and O–H groups in total. The zero-order valence-electron chi connectivity index (χ0n) is 12.8. The van der Waals surface area contributed by atoms with Crippen LogP contribution >= 0.6 is 0 Å². The van der Waals surface area contributed by atoms with Crippen molar-refractivity contribution in [1.29, 1.82) is 0 Å². The number of ether oxygens (including phenoxy) is 1. The third-order valence-corrected chi connectivity index (χ3v) is 3.71. The number of hydrogen-bond acceptors (Lipinski definition) is 3. The number of nitrogens with one attached hydrogen (secondary N) is 2. The average molecular weight is 286 g/mol. The Morgan fingerprint density at radius 1 is 1.30 bits per heavy atom. The normalized spacial score (nSPS) is 28.5. The maximum absolute atomic E-state index is 11.6. The van der Waals surface area contributed by atoms with Gasteiger partial charge in [-0.1, -0.05) is 20.8 Å². The summed E-state index contributed by atoms with van der Waals surface area (Å²) < 4.78 is 4.92. The molecule has 0 saturated heterocycles. The number of carboxylic acid groups (broad SMARTS) is 1. The number of alkyl carbamates (subject to hydrolysis) is 1. The summed E-state index contributed by atoms with van der Waals surface area (Å²) in [7, 11) is 0. The summed E-state index contributed by atoms with van der Waals surface area (Å²) in [5, 5.41) is 14.1. The summed E-state index contributed by atoms with van der Waals surface area (Å²) >= 11 is 0. The van der Waals surface area contributed by atoms with E-state index in [2.05, 4.69) is 31.4 Å². The first-order valence-electron chi connectivity index (χ1n) is 7.06. The van der Waals surface area contributed by atoms with Crippen molar-refractivity contribution in [2.75, 3.05) is 13.2 Å². The van der Waals surface area contributed by atoms with Crippen LogP contribution in [0.1, 0.15) is 47.0 Å². The van der Waals surface area contributed by atoms with Gasteiger partial charge in [-0.3, -0.25) is 0 Å². The second-order valence-corrected chi connectivity index (χ2v) is 6.78. The van der Waals surface area contributed by atoms with Crippen molar-refractivity contribution in [2.45, 2.75) is 53.0 Å². The van der Waals surface area contributed by atoms with Crippen LogP contribution in [0.3, 0.4) is 0 Å². The lowest BCUT2D eigenvalue weighted by atomic mass is 9.62. The van der Waals surface area contributed by atoms with E-state index in [4.69, 9.17) is 9.84 Å². The van der Waals surface area contributed by atoms with Crippen LogP contribution in [0, 0.1) is 10.8 Å². The van der Waals surface area contributed by atoms with Crippen LogP contribution in [-0.2, 0) is 4.74 Å². The zero-order chi connectivity index (χ0) is 15.4. The Morgan fingerprint density at radius 2 is 1.95 bits per heavy atom. The number of hydrogen-bond donors (Lipinski definition) is 3. The Hall–Kier alpha value is -1.46. The van der Waals surface area contributed by atoms with Gasteiger partial charge in [-0.2, -0.15) is 0 Å². The quantitative estimate of drug-likeness (QED) is 0.741. The van der Waals surface area contributed by atoms with Crippen LogP contribution in [-0.4, -0.2) is 36.5 Å². The molecule has 1 saturated carbocycles. The molecule has 20 heavy (non-hydrogen) atoms. The maximum Gasteiger partial charge on any atom is 0.407 e. The van der Waals surface area contributed by atoms with Gasteiger partial charge in [0.05, 0.1) is 6.61 Å². The molecule has 116 valence electrons. The molecular formula is C14H26N2O4. The molecule has 1 aliphatic carbocycles. The van der Waals surface area contributed by atoms with Gasteiger partial charge in [-0.25, -0.2) is 9.59 Å². The van der Waals surface area contributed by atoms with E-state index in [9.17, 15) is 9.59 Å². The number of rotatable bonds is 4. The van der Waals surface area contributed by atoms with Crippen LogP contribution < -0.4 is 10.6 Å². The summed E-state index contributed by atoms with van der Waals surface area (Å²) in [6.45, 7) is 8.86. The Balaban J connectivity index is 2.68. The lowest BCUT2D eigenvalue weighted by Gasteiger charge is -2.46. The van der Waals surface area contributed by atoms with Gasteiger partial charge in [0.25, 0.3) is 0 Å². The fourth-order valence-electron chi connectivity index (χ4n) is 3.50. The fraction of sp³-hybridized carbons (Fsp3) is 0.857. The molecule has 2 unspecified atom stereocenters. The minimum absolute atomic E-state index is 0.0124. The summed E-state index contributed by atoms with van der Waals surface area (Å²) in [5.41, 5.74) is -0.109. The van der Waals surface area contributed by atoms with Crippen molar-refractivity contribution in [1.82, 2.24) is 10.6 Å². The van der Waals surface area contributed by atoms with Crippen LogP contribution in [0.5, 0.6) is 0 Å². The van der Waals surface area contributed by atoms with Gasteiger partial charge in [0.15, 0.2) is 0 Å². The lowest BCUT2D eigenvalue weighted by molar-refractivity contribution is 0.0653. The number of carbonyl (C=O) groups excluding carboxylic acids is 1. The molecule has 6 heteroatoms. The largest absolute Gasteiger partial charge is 0.465 e. The first-order chi connectivity index (χ1) is 9.16. The minimum atomic E-state index is -1.01. The molecule has 0 spiro atoms. The molecule has 6 nitrogen and oxygen atoms in total. The van der Waals surface area contributed by atoms with Gasteiger partial charge in [0, 0.05) is 12.6 Å². The van der Waals surface area contributed by atoms with E-state index in [0.717, 1.165) is 19.3 Å². The first kappa shape index (κ1) is 16.6. The van der Waals surface area contributed by atoms with E-state index in [1.165, 1.54) is 0 Å². The Bertz CT molecular complexity index is 370. The van der Waals surface area contributed by atoms with Crippen molar-refractivity contribution < 1.29 is 19.4 Å². The van der Waals surface area contributed by atoms with E-state index in [0.29, 0.717) is 13.2 Å². The molecule has 0 bridgehead atoms. The predicted molar refractivity (Wildman–Crippen MR) is 75.7 cm³/mol.